The zero-order chi connectivity index (χ0) is 18.1. The Hall–Kier alpha value is -1.88. The van der Waals surface area contributed by atoms with Crippen LogP contribution in [0.5, 0.6) is 0 Å². The number of halogens is 1. The number of carbonyl (C=O) groups is 1. The highest BCUT2D eigenvalue weighted by Gasteiger charge is 2.13. The summed E-state index contributed by atoms with van der Waals surface area (Å²) in [5, 5.41) is 12.2. The van der Waals surface area contributed by atoms with E-state index >= 15 is 0 Å². The second kappa shape index (κ2) is 11.7. The molecule has 0 aliphatic carbocycles. The summed E-state index contributed by atoms with van der Waals surface area (Å²) in [4.78, 5) is 10.6. The summed E-state index contributed by atoms with van der Waals surface area (Å²) in [7, 11) is 0. The van der Waals surface area contributed by atoms with Gasteiger partial charge in [0.2, 0.25) is 0 Å². The van der Waals surface area contributed by atoms with Crippen molar-refractivity contribution in [1.29, 1.82) is 0 Å². The van der Waals surface area contributed by atoms with E-state index in [1.165, 1.54) is 11.1 Å². The Morgan fingerprint density at radius 2 is 1.65 bits per heavy atom. The normalized spacial score (nSPS) is 11.8. The van der Waals surface area contributed by atoms with Gasteiger partial charge in [0.25, 0.3) is 0 Å². The van der Waals surface area contributed by atoms with E-state index in [1.54, 1.807) is 0 Å². The van der Waals surface area contributed by atoms with Crippen LogP contribution in [0.1, 0.15) is 43.1 Å². The van der Waals surface area contributed by atoms with Gasteiger partial charge in [-0.1, -0.05) is 54.6 Å². The number of carboxylic acid groups (broad SMARTS) is 1. The summed E-state index contributed by atoms with van der Waals surface area (Å²) in [6, 6.07) is 18.3. The maximum absolute atomic E-state index is 10.6. The molecule has 0 amide bonds. The van der Waals surface area contributed by atoms with Gasteiger partial charge in [-0.25, -0.2) is 0 Å². The van der Waals surface area contributed by atoms with Gasteiger partial charge in [0.15, 0.2) is 0 Å². The summed E-state index contributed by atoms with van der Waals surface area (Å²) in [6.07, 6.45) is 0.932. The summed E-state index contributed by atoms with van der Waals surface area (Å²) < 4.78 is 6.03. The van der Waals surface area contributed by atoms with E-state index in [9.17, 15) is 4.79 Å². The molecule has 2 rings (SSSR count). The molecular formula is C21H28ClNO3. The maximum atomic E-state index is 10.6. The molecule has 5 heteroatoms. The van der Waals surface area contributed by atoms with Crippen molar-refractivity contribution >= 4 is 18.4 Å². The summed E-state index contributed by atoms with van der Waals surface area (Å²) >= 11 is 0. The van der Waals surface area contributed by atoms with Gasteiger partial charge >= 0.3 is 5.97 Å². The van der Waals surface area contributed by atoms with E-state index in [0.717, 1.165) is 18.7 Å². The molecule has 0 aliphatic rings. The van der Waals surface area contributed by atoms with Crippen molar-refractivity contribution in [2.45, 2.75) is 45.4 Å². The largest absolute Gasteiger partial charge is 0.481 e. The van der Waals surface area contributed by atoms with Crippen LogP contribution in [-0.2, 0) is 22.5 Å². The van der Waals surface area contributed by atoms with E-state index in [1.807, 2.05) is 56.3 Å². The van der Waals surface area contributed by atoms with Gasteiger partial charge in [-0.05, 0) is 37.0 Å². The third-order valence-corrected chi connectivity index (χ3v) is 3.92. The van der Waals surface area contributed by atoms with Crippen LogP contribution in [-0.4, -0.2) is 23.7 Å². The molecule has 0 saturated carbocycles. The Morgan fingerprint density at radius 3 is 2.23 bits per heavy atom. The molecular weight excluding hydrogens is 350 g/mol. The van der Waals surface area contributed by atoms with Gasteiger partial charge < -0.3 is 15.2 Å². The van der Waals surface area contributed by atoms with E-state index < -0.39 is 5.97 Å². The zero-order valence-electron chi connectivity index (χ0n) is 15.4. The number of ether oxygens (including phenoxy) is 1. The number of rotatable bonds is 10. The summed E-state index contributed by atoms with van der Waals surface area (Å²) in [6.45, 7) is 5.59. The molecule has 4 nitrogen and oxygen atoms in total. The molecule has 1 unspecified atom stereocenters. The van der Waals surface area contributed by atoms with E-state index in [4.69, 9.17) is 9.84 Å². The van der Waals surface area contributed by atoms with Gasteiger partial charge in [0, 0.05) is 19.5 Å². The number of hydrogen-bond acceptors (Lipinski definition) is 3. The van der Waals surface area contributed by atoms with Gasteiger partial charge in [-0.15, -0.1) is 12.4 Å². The number of nitrogens with one attached hydrogen (secondary N) is 1. The Labute approximate surface area is 162 Å². The lowest BCUT2D eigenvalue weighted by Crippen LogP contribution is -2.25. The lowest BCUT2D eigenvalue weighted by atomic mass is 10.1. The minimum absolute atomic E-state index is 0. The monoisotopic (exact) mass is 377 g/mol. The van der Waals surface area contributed by atoms with Gasteiger partial charge in [0.1, 0.15) is 0 Å². The van der Waals surface area contributed by atoms with Crippen LogP contribution < -0.4 is 5.32 Å². The van der Waals surface area contributed by atoms with Gasteiger partial charge in [0.05, 0.1) is 12.2 Å². The molecule has 0 heterocycles. The van der Waals surface area contributed by atoms with Gasteiger partial charge in [-0.2, -0.15) is 0 Å². The van der Waals surface area contributed by atoms with E-state index in [2.05, 4.69) is 17.4 Å². The standard InChI is InChI=1S/C21H27NO3.ClH/c1-16(2)25-20(19-6-4-3-5-7-19)15-22-14-18-10-8-17(9-11-18)12-13-21(23)24;/h3-11,16,20,22H,12-15H2,1-2H3,(H,23,24);1H. The van der Waals surface area contributed by atoms with Crippen molar-refractivity contribution in [2.75, 3.05) is 6.54 Å². The van der Waals surface area contributed by atoms with Crippen molar-refractivity contribution < 1.29 is 14.6 Å². The quantitative estimate of drug-likeness (QED) is 0.645. The minimum atomic E-state index is -0.761. The highest BCUT2D eigenvalue weighted by Crippen LogP contribution is 2.18. The first kappa shape index (κ1) is 22.2. The van der Waals surface area contributed by atoms with Crippen LogP contribution in [0.15, 0.2) is 54.6 Å². The number of aryl methyl sites for hydroxylation is 1. The lowest BCUT2D eigenvalue weighted by Gasteiger charge is -2.21. The number of carboxylic acids is 1. The molecule has 2 aromatic rings. The second-order valence-corrected chi connectivity index (χ2v) is 6.43. The van der Waals surface area contributed by atoms with Crippen molar-refractivity contribution in [3.63, 3.8) is 0 Å². The Kier molecular flexibility index (Phi) is 9.96. The van der Waals surface area contributed by atoms with E-state index in [0.29, 0.717) is 6.42 Å². The van der Waals surface area contributed by atoms with Crippen molar-refractivity contribution in [2.24, 2.45) is 0 Å². The third-order valence-electron chi connectivity index (χ3n) is 3.92. The minimum Gasteiger partial charge on any atom is -0.481 e. The fourth-order valence-corrected chi connectivity index (χ4v) is 2.66. The molecule has 0 radical (unpaired) electrons. The number of benzene rings is 2. The molecule has 2 N–H and O–H groups in total. The fraction of sp³-hybridized carbons (Fsp3) is 0.381. The first-order valence-electron chi connectivity index (χ1n) is 8.75. The van der Waals surface area contributed by atoms with Crippen LogP contribution in [0, 0.1) is 0 Å². The molecule has 0 saturated heterocycles. The smallest absolute Gasteiger partial charge is 0.303 e. The van der Waals surface area contributed by atoms with Crippen LogP contribution in [0.3, 0.4) is 0 Å². The Morgan fingerprint density at radius 1 is 1.04 bits per heavy atom. The molecule has 2 aromatic carbocycles. The predicted molar refractivity (Wildman–Crippen MR) is 107 cm³/mol. The van der Waals surface area contributed by atoms with Crippen molar-refractivity contribution in [3.8, 4) is 0 Å². The molecule has 0 aromatic heterocycles. The number of aliphatic carboxylic acids is 1. The first-order chi connectivity index (χ1) is 12.0. The molecule has 0 aliphatic heterocycles. The van der Waals surface area contributed by atoms with Crippen molar-refractivity contribution in [3.05, 3.63) is 71.3 Å². The van der Waals surface area contributed by atoms with Crippen LogP contribution in [0.4, 0.5) is 0 Å². The predicted octanol–water partition coefficient (Wildman–Crippen LogP) is 4.38. The van der Waals surface area contributed by atoms with E-state index in [-0.39, 0.29) is 31.0 Å². The average Bonchev–Trinajstić information content (AvgIpc) is 2.60. The summed E-state index contributed by atoms with van der Waals surface area (Å²) in [5.41, 5.74) is 3.40. The molecule has 1 atom stereocenters. The number of hydrogen-bond donors (Lipinski definition) is 2. The highest BCUT2D eigenvalue weighted by atomic mass is 35.5. The molecule has 26 heavy (non-hydrogen) atoms. The molecule has 0 fully saturated rings. The molecule has 0 spiro atoms. The third kappa shape index (κ3) is 8.00. The Bertz CT molecular complexity index is 644. The summed E-state index contributed by atoms with van der Waals surface area (Å²) in [5.74, 6) is -0.761. The lowest BCUT2D eigenvalue weighted by molar-refractivity contribution is -0.136. The first-order valence-corrected chi connectivity index (χ1v) is 8.75. The van der Waals surface area contributed by atoms with Crippen LogP contribution >= 0.6 is 12.4 Å². The molecule has 0 bridgehead atoms. The SMILES string of the molecule is CC(C)OC(CNCc1ccc(CCC(=O)O)cc1)c1ccccc1.Cl. The second-order valence-electron chi connectivity index (χ2n) is 6.43. The highest BCUT2D eigenvalue weighted by molar-refractivity contribution is 5.85. The topological polar surface area (TPSA) is 58.6 Å². The van der Waals surface area contributed by atoms with Crippen LogP contribution in [0.25, 0.3) is 0 Å². The van der Waals surface area contributed by atoms with Crippen LogP contribution in [0.2, 0.25) is 0 Å². The molecule has 142 valence electrons. The zero-order valence-corrected chi connectivity index (χ0v) is 16.2. The van der Waals surface area contributed by atoms with Gasteiger partial charge in [-0.3, -0.25) is 4.79 Å². The van der Waals surface area contributed by atoms with Crippen molar-refractivity contribution in [1.82, 2.24) is 5.32 Å². The maximum Gasteiger partial charge on any atom is 0.303 e. The average molecular weight is 378 g/mol. The Balaban J connectivity index is 0.00000338. The fourth-order valence-electron chi connectivity index (χ4n) is 2.66.